The smallest absolute Gasteiger partial charge is 0.0682 e. The van der Waals surface area contributed by atoms with E-state index in [1.807, 2.05) is 0 Å². The Morgan fingerprint density at radius 1 is 1.15 bits per heavy atom. The zero-order chi connectivity index (χ0) is 19.3. The minimum atomic E-state index is -0.483. The highest BCUT2D eigenvalue weighted by Gasteiger charge is 2.43. The number of fused-ring (bicyclic) bond motifs is 1. The molecule has 4 atom stereocenters. The quantitative estimate of drug-likeness (QED) is 0.454. The van der Waals surface area contributed by atoms with Crippen LogP contribution in [-0.2, 0) is 0 Å². The molecular weight excluding hydrogens is 334 g/mol. The Morgan fingerprint density at radius 3 is 2.67 bits per heavy atom. The Kier molecular flexibility index (Phi) is 7.58. The number of hydrogen-bond acceptors (Lipinski definition) is 3. The van der Waals surface area contributed by atoms with Crippen molar-refractivity contribution in [3.63, 3.8) is 0 Å². The second kappa shape index (κ2) is 9.71. The van der Waals surface area contributed by atoms with Gasteiger partial charge in [0.05, 0.1) is 11.7 Å². The summed E-state index contributed by atoms with van der Waals surface area (Å²) in [4.78, 5) is 2.27. The molecule has 27 heavy (non-hydrogen) atoms. The molecule has 0 unspecified atom stereocenters. The fraction of sp³-hybridized carbons (Fsp3) is 0.833. The lowest BCUT2D eigenvalue weighted by molar-refractivity contribution is 0.00670. The second-order valence-corrected chi connectivity index (χ2v) is 9.77. The van der Waals surface area contributed by atoms with Crippen LogP contribution in [-0.4, -0.2) is 47.5 Å². The van der Waals surface area contributed by atoms with E-state index in [4.69, 9.17) is 0 Å². The van der Waals surface area contributed by atoms with Crippen molar-refractivity contribution in [2.75, 3.05) is 20.6 Å². The van der Waals surface area contributed by atoms with Gasteiger partial charge in [0, 0.05) is 5.92 Å². The van der Waals surface area contributed by atoms with E-state index < -0.39 is 5.60 Å². The van der Waals surface area contributed by atoms with Crippen LogP contribution in [0.4, 0.5) is 0 Å². The molecule has 0 saturated heterocycles. The van der Waals surface area contributed by atoms with E-state index in [1.165, 1.54) is 45.1 Å². The summed E-state index contributed by atoms with van der Waals surface area (Å²) in [7, 11) is 4.29. The first-order valence-electron chi connectivity index (χ1n) is 11.4. The van der Waals surface area contributed by atoms with Crippen molar-refractivity contribution in [3.8, 4) is 0 Å². The zero-order valence-electron chi connectivity index (χ0n) is 17.6. The number of aliphatic hydroxyl groups is 2. The van der Waals surface area contributed by atoms with Crippen LogP contribution in [0.1, 0.15) is 77.0 Å². The van der Waals surface area contributed by atoms with Gasteiger partial charge in [0.2, 0.25) is 0 Å². The zero-order valence-corrected chi connectivity index (χ0v) is 17.6. The van der Waals surface area contributed by atoms with Crippen molar-refractivity contribution in [2.45, 2.75) is 88.8 Å². The lowest BCUT2D eigenvalue weighted by Gasteiger charge is -2.31. The van der Waals surface area contributed by atoms with Gasteiger partial charge in [0.1, 0.15) is 0 Å². The molecule has 0 radical (unpaired) electrons. The molecule has 2 saturated carbocycles. The van der Waals surface area contributed by atoms with E-state index in [1.54, 1.807) is 5.57 Å². The summed E-state index contributed by atoms with van der Waals surface area (Å²) in [6.07, 6.45) is 20.2. The van der Waals surface area contributed by atoms with E-state index in [0.29, 0.717) is 11.8 Å². The molecule has 0 aromatic heterocycles. The summed E-state index contributed by atoms with van der Waals surface area (Å²) >= 11 is 0. The van der Waals surface area contributed by atoms with Gasteiger partial charge in [-0.3, -0.25) is 0 Å². The number of allylic oxidation sites excluding steroid dienone is 2. The highest BCUT2D eigenvalue weighted by Crippen LogP contribution is 2.48. The summed E-state index contributed by atoms with van der Waals surface area (Å²) in [5.74, 6) is 1.45. The van der Waals surface area contributed by atoms with E-state index in [9.17, 15) is 10.2 Å². The molecule has 0 aliphatic heterocycles. The van der Waals surface area contributed by atoms with Gasteiger partial charge in [-0.25, -0.2) is 0 Å². The first-order chi connectivity index (χ1) is 13.0. The third-order valence-electron chi connectivity index (χ3n) is 7.19. The van der Waals surface area contributed by atoms with Crippen LogP contribution in [0.25, 0.3) is 0 Å². The van der Waals surface area contributed by atoms with E-state index in [0.717, 1.165) is 38.5 Å². The van der Waals surface area contributed by atoms with Gasteiger partial charge in [0.15, 0.2) is 0 Å². The molecule has 3 aliphatic rings. The number of unbranched alkanes of at least 4 members (excludes halogenated alkanes) is 2. The average Bonchev–Trinajstić information content (AvgIpc) is 3.12. The molecule has 0 amide bonds. The van der Waals surface area contributed by atoms with Crippen molar-refractivity contribution < 1.29 is 10.2 Å². The standard InChI is InChI=1S/C24H41NO2/c1-25(2)15-8-3-5-10-19-16-20-18-23(26)21(22(20)17-19)11-9-14-24(27)12-6-4-7-13-24/h9,11,16,20-23,26-27H,3-8,10,12-15,17-18H2,1-2H3/t20-,21+,22-,23+/m0/s1. The van der Waals surface area contributed by atoms with Gasteiger partial charge in [-0.1, -0.05) is 49.5 Å². The van der Waals surface area contributed by atoms with Crippen LogP contribution < -0.4 is 0 Å². The van der Waals surface area contributed by atoms with Crippen molar-refractivity contribution >= 4 is 0 Å². The molecule has 3 nitrogen and oxygen atoms in total. The molecule has 0 heterocycles. The first-order valence-corrected chi connectivity index (χ1v) is 11.4. The highest BCUT2D eigenvalue weighted by molar-refractivity contribution is 5.20. The normalized spacial score (nSPS) is 33.0. The molecular formula is C24H41NO2. The fourth-order valence-electron chi connectivity index (χ4n) is 5.61. The Hall–Kier alpha value is -0.640. The Bertz CT molecular complexity index is 518. The molecule has 0 aromatic rings. The summed E-state index contributed by atoms with van der Waals surface area (Å²) in [6, 6.07) is 0. The average molecular weight is 376 g/mol. The Labute approximate surface area is 166 Å². The van der Waals surface area contributed by atoms with Gasteiger partial charge in [-0.05, 0) is 83.8 Å². The molecule has 3 aliphatic carbocycles. The number of nitrogens with zero attached hydrogens (tertiary/aromatic N) is 1. The van der Waals surface area contributed by atoms with Crippen LogP contribution in [0.5, 0.6) is 0 Å². The second-order valence-electron chi connectivity index (χ2n) is 9.77. The van der Waals surface area contributed by atoms with Crippen LogP contribution in [0.2, 0.25) is 0 Å². The molecule has 3 heteroatoms. The van der Waals surface area contributed by atoms with Crippen LogP contribution >= 0.6 is 0 Å². The van der Waals surface area contributed by atoms with Gasteiger partial charge in [0.25, 0.3) is 0 Å². The molecule has 0 aromatic carbocycles. The third kappa shape index (κ3) is 5.92. The number of hydrogen-bond donors (Lipinski definition) is 2. The maximum atomic E-state index is 10.7. The number of rotatable bonds is 9. The predicted molar refractivity (Wildman–Crippen MR) is 113 cm³/mol. The van der Waals surface area contributed by atoms with Crippen LogP contribution in [0.3, 0.4) is 0 Å². The molecule has 154 valence electrons. The maximum Gasteiger partial charge on any atom is 0.0682 e. The highest BCUT2D eigenvalue weighted by atomic mass is 16.3. The van der Waals surface area contributed by atoms with Crippen LogP contribution in [0, 0.1) is 17.8 Å². The lowest BCUT2D eigenvalue weighted by atomic mass is 9.81. The Balaban J connectivity index is 1.44. The molecule has 0 bridgehead atoms. The summed E-state index contributed by atoms with van der Waals surface area (Å²) < 4.78 is 0. The largest absolute Gasteiger partial charge is 0.392 e. The molecule has 3 rings (SSSR count). The third-order valence-corrected chi connectivity index (χ3v) is 7.19. The van der Waals surface area contributed by atoms with Crippen molar-refractivity contribution in [1.82, 2.24) is 4.90 Å². The summed E-state index contributed by atoms with van der Waals surface area (Å²) in [6.45, 7) is 1.19. The van der Waals surface area contributed by atoms with E-state index in [-0.39, 0.29) is 12.0 Å². The Morgan fingerprint density at radius 2 is 1.93 bits per heavy atom. The van der Waals surface area contributed by atoms with E-state index >= 15 is 0 Å². The number of aliphatic hydroxyl groups excluding tert-OH is 1. The van der Waals surface area contributed by atoms with Gasteiger partial charge < -0.3 is 15.1 Å². The first kappa shape index (κ1) is 21.1. The molecule has 2 fully saturated rings. The minimum absolute atomic E-state index is 0.199. The SMILES string of the molecule is CN(C)CCCCCC1=C[C@H]2C[C@@H](O)[C@H](C=CCC3(O)CCCCC3)[C@H]2C1. The predicted octanol–water partition coefficient (Wildman–Crippen LogP) is 4.69. The fourth-order valence-corrected chi connectivity index (χ4v) is 5.61. The lowest BCUT2D eigenvalue weighted by Crippen LogP contribution is -2.30. The monoisotopic (exact) mass is 375 g/mol. The van der Waals surface area contributed by atoms with Gasteiger partial charge in [-0.2, -0.15) is 0 Å². The van der Waals surface area contributed by atoms with Crippen molar-refractivity contribution in [3.05, 3.63) is 23.8 Å². The summed E-state index contributed by atoms with van der Waals surface area (Å²) in [5, 5.41) is 21.2. The van der Waals surface area contributed by atoms with Crippen molar-refractivity contribution in [2.24, 2.45) is 17.8 Å². The van der Waals surface area contributed by atoms with Crippen LogP contribution in [0.15, 0.2) is 23.8 Å². The van der Waals surface area contributed by atoms with Gasteiger partial charge in [-0.15, -0.1) is 0 Å². The minimum Gasteiger partial charge on any atom is -0.392 e. The molecule has 2 N–H and O–H groups in total. The maximum absolute atomic E-state index is 10.7. The summed E-state index contributed by atoms with van der Waals surface area (Å²) in [5.41, 5.74) is 1.15. The molecule has 0 spiro atoms. The topological polar surface area (TPSA) is 43.7 Å². The van der Waals surface area contributed by atoms with Gasteiger partial charge >= 0.3 is 0 Å². The van der Waals surface area contributed by atoms with E-state index in [2.05, 4.69) is 37.2 Å². The van der Waals surface area contributed by atoms with Crippen molar-refractivity contribution in [1.29, 1.82) is 0 Å².